The van der Waals surface area contributed by atoms with Gasteiger partial charge in [0.15, 0.2) is 0 Å². The minimum atomic E-state index is -0.885. The zero-order valence-corrected chi connectivity index (χ0v) is 17.8. The van der Waals surface area contributed by atoms with E-state index in [2.05, 4.69) is 50.0 Å². The van der Waals surface area contributed by atoms with E-state index in [9.17, 15) is 4.79 Å². The van der Waals surface area contributed by atoms with Crippen LogP contribution in [0.15, 0.2) is 79.3 Å². The number of nitrogens with zero attached hydrogens (tertiary/aromatic N) is 4. The average Bonchev–Trinajstić information content (AvgIpc) is 3.22. The van der Waals surface area contributed by atoms with Crippen LogP contribution in [0.3, 0.4) is 0 Å². The summed E-state index contributed by atoms with van der Waals surface area (Å²) in [6.07, 6.45) is 3.40. The van der Waals surface area contributed by atoms with E-state index in [1.165, 1.54) is 11.9 Å². The molecule has 0 fully saturated rings. The van der Waals surface area contributed by atoms with Crippen LogP contribution in [0.25, 0.3) is 21.8 Å². The Labute approximate surface area is 189 Å². The SMILES string of the molecule is O=C(O)CNCc1ccc2ncnc(Nc3ccc4c(cnn4Cc4ccccc4)c3)c2c1. The number of benzene rings is 3. The molecule has 3 aromatic carbocycles. The summed E-state index contributed by atoms with van der Waals surface area (Å²) in [7, 11) is 0. The third kappa shape index (κ3) is 4.65. The monoisotopic (exact) mass is 438 g/mol. The number of carboxylic acid groups (broad SMARTS) is 1. The van der Waals surface area contributed by atoms with Crippen molar-refractivity contribution in [2.45, 2.75) is 13.1 Å². The average molecular weight is 438 g/mol. The number of nitrogens with one attached hydrogen (secondary N) is 2. The van der Waals surface area contributed by atoms with Gasteiger partial charge >= 0.3 is 5.97 Å². The number of carboxylic acids is 1. The van der Waals surface area contributed by atoms with E-state index in [0.717, 1.165) is 33.1 Å². The zero-order valence-electron chi connectivity index (χ0n) is 17.8. The number of anilines is 2. The minimum absolute atomic E-state index is 0.0909. The van der Waals surface area contributed by atoms with Crippen LogP contribution in [0, 0.1) is 0 Å². The van der Waals surface area contributed by atoms with Gasteiger partial charge in [0.2, 0.25) is 0 Å². The molecule has 5 rings (SSSR count). The van der Waals surface area contributed by atoms with Gasteiger partial charge in [-0.3, -0.25) is 9.48 Å². The Morgan fingerprint density at radius 3 is 2.70 bits per heavy atom. The Balaban J connectivity index is 1.39. The molecule has 8 nitrogen and oxygen atoms in total. The fourth-order valence-corrected chi connectivity index (χ4v) is 3.81. The van der Waals surface area contributed by atoms with Crippen molar-refractivity contribution in [2.24, 2.45) is 0 Å². The van der Waals surface area contributed by atoms with Crippen molar-refractivity contribution in [1.82, 2.24) is 25.1 Å². The molecule has 0 spiro atoms. The Bertz CT molecular complexity index is 1430. The summed E-state index contributed by atoms with van der Waals surface area (Å²) >= 11 is 0. The second-order valence-electron chi connectivity index (χ2n) is 7.76. The fraction of sp³-hybridized carbons (Fsp3) is 0.120. The summed E-state index contributed by atoms with van der Waals surface area (Å²) in [4.78, 5) is 19.5. The Morgan fingerprint density at radius 2 is 1.85 bits per heavy atom. The molecule has 5 aromatic rings. The van der Waals surface area contributed by atoms with E-state index >= 15 is 0 Å². The molecule has 0 radical (unpaired) electrons. The molecule has 0 aliphatic rings. The maximum absolute atomic E-state index is 10.7. The third-order valence-corrected chi connectivity index (χ3v) is 5.38. The van der Waals surface area contributed by atoms with Gasteiger partial charge in [-0.05, 0) is 41.5 Å². The lowest BCUT2D eigenvalue weighted by atomic mass is 10.1. The Morgan fingerprint density at radius 1 is 0.970 bits per heavy atom. The standard InChI is InChI=1S/C25H22N6O2/c32-24(33)14-26-12-18-6-8-22-21(10-18)25(28-16-27-22)30-20-7-9-23-19(11-20)13-29-31(23)15-17-4-2-1-3-5-17/h1-11,13,16,26H,12,14-15H2,(H,32,33)(H,27,28,30). The third-order valence-electron chi connectivity index (χ3n) is 5.38. The van der Waals surface area contributed by atoms with Crippen LogP contribution in [0.5, 0.6) is 0 Å². The van der Waals surface area contributed by atoms with Crippen molar-refractivity contribution in [1.29, 1.82) is 0 Å². The number of rotatable bonds is 8. The van der Waals surface area contributed by atoms with Gasteiger partial charge < -0.3 is 15.7 Å². The molecule has 0 saturated heterocycles. The largest absolute Gasteiger partial charge is 0.480 e. The lowest BCUT2D eigenvalue weighted by Crippen LogP contribution is -2.21. The lowest BCUT2D eigenvalue weighted by Gasteiger charge is -2.10. The molecule has 0 aliphatic carbocycles. The van der Waals surface area contributed by atoms with E-state index in [1.54, 1.807) is 0 Å². The molecular weight excluding hydrogens is 416 g/mol. The highest BCUT2D eigenvalue weighted by Gasteiger charge is 2.09. The molecule has 0 unspecified atom stereocenters. The van der Waals surface area contributed by atoms with Crippen molar-refractivity contribution in [3.63, 3.8) is 0 Å². The summed E-state index contributed by atoms with van der Waals surface area (Å²) in [6.45, 7) is 1.07. The highest BCUT2D eigenvalue weighted by molar-refractivity contribution is 5.92. The minimum Gasteiger partial charge on any atom is -0.480 e. The van der Waals surface area contributed by atoms with Crippen LogP contribution < -0.4 is 10.6 Å². The van der Waals surface area contributed by atoms with Crippen LogP contribution in [0.2, 0.25) is 0 Å². The van der Waals surface area contributed by atoms with Crippen molar-refractivity contribution in [3.8, 4) is 0 Å². The van der Waals surface area contributed by atoms with Crippen LogP contribution >= 0.6 is 0 Å². The van der Waals surface area contributed by atoms with Crippen LogP contribution in [0.1, 0.15) is 11.1 Å². The van der Waals surface area contributed by atoms with Gasteiger partial charge in [-0.1, -0.05) is 36.4 Å². The lowest BCUT2D eigenvalue weighted by molar-refractivity contribution is -0.135. The normalized spacial score (nSPS) is 11.2. The summed E-state index contributed by atoms with van der Waals surface area (Å²) in [5.41, 5.74) is 4.93. The fourth-order valence-electron chi connectivity index (χ4n) is 3.81. The van der Waals surface area contributed by atoms with E-state index in [1.807, 2.05) is 53.3 Å². The van der Waals surface area contributed by atoms with E-state index in [4.69, 9.17) is 5.11 Å². The first-order valence-electron chi connectivity index (χ1n) is 10.6. The van der Waals surface area contributed by atoms with E-state index < -0.39 is 5.97 Å². The second kappa shape index (κ2) is 9.05. The molecule has 0 amide bonds. The number of carbonyl (C=O) groups is 1. The van der Waals surface area contributed by atoms with Crippen LogP contribution in [0.4, 0.5) is 11.5 Å². The van der Waals surface area contributed by atoms with Gasteiger partial charge in [0.05, 0.1) is 30.3 Å². The molecule has 0 bridgehead atoms. The first-order chi connectivity index (χ1) is 16.2. The maximum Gasteiger partial charge on any atom is 0.317 e. The topological polar surface area (TPSA) is 105 Å². The zero-order chi connectivity index (χ0) is 22.6. The maximum atomic E-state index is 10.7. The summed E-state index contributed by atoms with van der Waals surface area (Å²) in [5, 5.41) is 21.6. The van der Waals surface area contributed by atoms with Crippen LogP contribution in [-0.2, 0) is 17.9 Å². The Hall–Kier alpha value is -4.30. The van der Waals surface area contributed by atoms with E-state index in [0.29, 0.717) is 18.9 Å². The molecule has 2 heterocycles. The quantitative estimate of drug-likeness (QED) is 0.337. The van der Waals surface area contributed by atoms with Gasteiger partial charge in [0.25, 0.3) is 0 Å². The molecule has 164 valence electrons. The van der Waals surface area contributed by atoms with Gasteiger partial charge in [-0.25, -0.2) is 9.97 Å². The first-order valence-corrected chi connectivity index (χ1v) is 10.6. The number of aromatic nitrogens is 4. The molecule has 0 saturated carbocycles. The summed E-state index contributed by atoms with van der Waals surface area (Å²) in [6, 6.07) is 22.2. The number of hydrogen-bond donors (Lipinski definition) is 3. The predicted octanol–water partition coefficient (Wildman–Crippen LogP) is 3.95. The molecule has 3 N–H and O–H groups in total. The molecule has 33 heavy (non-hydrogen) atoms. The molecular formula is C25H22N6O2. The molecule has 2 aromatic heterocycles. The van der Waals surface area contributed by atoms with E-state index in [-0.39, 0.29) is 6.54 Å². The van der Waals surface area contributed by atoms with Crippen molar-refractivity contribution >= 4 is 39.3 Å². The van der Waals surface area contributed by atoms with Crippen LogP contribution in [-0.4, -0.2) is 37.4 Å². The number of aliphatic carboxylic acids is 1. The molecule has 0 atom stereocenters. The first kappa shape index (κ1) is 20.6. The predicted molar refractivity (Wildman–Crippen MR) is 127 cm³/mol. The molecule has 8 heteroatoms. The second-order valence-corrected chi connectivity index (χ2v) is 7.76. The summed E-state index contributed by atoms with van der Waals surface area (Å²) < 4.78 is 1.99. The highest BCUT2D eigenvalue weighted by Crippen LogP contribution is 2.26. The van der Waals surface area contributed by atoms with Crippen molar-refractivity contribution < 1.29 is 9.90 Å². The van der Waals surface area contributed by atoms with Gasteiger partial charge in [0.1, 0.15) is 12.1 Å². The van der Waals surface area contributed by atoms with Gasteiger partial charge in [-0.15, -0.1) is 0 Å². The number of hydrogen-bond acceptors (Lipinski definition) is 6. The molecule has 0 aliphatic heterocycles. The highest BCUT2D eigenvalue weighted by atomic mass is 16.4. The number of fused-ring (bicyclic) bond motifs is 2. The van der Waals surface area contributed by atoms with Gasteiger partial charge in [-0.2, -0.15) is 5.10 Å². The van der Waals surface area contributed by atoms with Crippen molar-refractivity contribution in [2.75, 3.05) is 11.9 Å². The Kier molecular flexibility index (Phi) is 5.65. The van der Waals surface area contributed by atoms with Gasteiger partial charge in [0, 0.05) is 23.0 Å². The smallest absolute Gasteiger partial charge is 0.317 e. The summed E-state index contributed by atoms with van der Waals surface area (Å²) in [5.74, 6) is -0.194. The van der Waals surface area contributed by atoms with Crippen molar-refractivity contribution in [3.05, 3.63) is 90.4 Å².